The summed E-state index contributed by atoms with van der Waals surface area (Å²) in [5.41, 5.74) is 0.581. The smallest absolute Gasteiger partial charge is 0.250 e. The average Bonchev–Trinajstić information content (AvgIpc) is 3.58. The van der Waals surface area contributed by atoms with Crippen molar-refractivity contribution in [2.45, 2.75) is 57.2 Å². The van der Waals surface area contributed by atoms with Crippen molar-refractivity contribution in [2.75, 3.05) is 19.3 Å². The Morgan fingerprint density at radius 3 is 2.49 bits per heavy atom. The summed E-state index contributed by atoms with van der Waals surface area (Å²) in [6, 6.07) is 5.83. The molecule has 39 heavy (non-hydrogen) atoms. The number of hydrogen-bond donors (Lipinski definition) is 3. The lowest BCUT2D eigenvalue weighted by molar-refractivity contribution is -0.142. The highest BCUT2D eigenvalue weighted by molar-refractivity contribution is 7.94. The van der Waals surface area contributed by atoms with Gasteiger partial charge in [-0.25, -0.2) is 8.42 Å². The van der Waals surface area contributed by atoms with Crippen LogP contribution in [0.15, 0.2) is 41.6 Å². The van der Waals surface area contributed by atoms with Crippen molar-refractivity contribution in [3.63, 3.8) is 0 Å². The van der Waals surface area contributed by atoms with Crippen LogP contribution in [0.3, 0.4) is 0 Å². The number of carbonyl (C=O) groups is 4. The van der Waals surface area contributed by atoms with E-state index in [1.807, 2.05) is 0 Å². The zero-order valence-electron chi connectivity index (χ0n) is 22.1. The van der Waals surface area contributed by atoms with Crippen LogP contribution in [-0.2, 0) is 29.0 Å². The maximum absolute atomic E-state index is 14.5. The highest BCUT2D eigenvalue weighted by Gasteiger charge is 2.51. The molecule has 12 heteroatoms. The molecule has 212 valence electrons. The van der Waals surface area contributed by atoms with E-state index in [9.17, 15) is 32.0 Å². The molecule has 10 nitrogen and oxygen atoms in total. The second kappa shape index (κ2) is 11.8. The van der Waals surface area contributed by atoms with Crippen LogP contribution in [0.5, 0.6) is 0 Å². The summed E-state index contributed by atoms with van der Waals surface area (Å²) in [7, 11) is -4.15. The molecule has 1 saturated carbocycles. The number of carbonyl (C=O) groups excluding carboxylic acids is 4. The van der Waals surface area contributed by atoms with Gasteiger partial charge in [-0.1, -0.05) is 36.8 Å². The Bertz CT molecular complexity index is 1250. The summed E-state index contributed by atoms with van der Waals surface area (Å²) in [6.07, 6.45) is 4.54. The summed E-state index contributed by atoms with van der Waals surface area (Å²) in [6.45, 7) is 2.10. The van der Waals surface area contributed by atoms with E-state index in [2.05, 4.69) is 16.0 Å². The van der Waals surface area contributed by atoms with Gasteiger partial charge in [-0.2, -0.15) is 4.39 Å². The van der Waals surface area contributed by atoms with E-state index in [-0.39, 0.29) is 24.2 Å². The van der Waals surface area contributed by atoms with Crippen LogP contribution in [0, 0.1) is 17.8 Å². The number of nitrogens with zero attached hydrogens (tertiary/aromatic N) is 1. The number of likely N-dealkylation sites (tertiary alicyclic amines) is 1. The number of amides is 4. The van der Waals surface area contributed by atoms with Gasteiger partial charge < -0.3 is 20.9 Å². The van der Waals surface area contributed by atoms with Crippen LogP contribution >= 0.6 is 0 Å². The number of fused-ring (bicyclic) bond motifs is 1. The fourth-order valence-electron chi connectivity index (χ4n) is 6.07. The highest BCUT2D eigenvalue weighted by Crippen LogP contribution is 2.43. The third-order valence-corrected chi connectivity index (χ3v) is 8.73. The minimum Gasteiger partial charge on any atom is -0.356 e. The third kappa shape index (κ3) is 6.66. The Kier molecular flexibility index (Phi) is 8.73. The van der Waals surface area contributed by atoms with E-state index in [1.165, 1.54) is 11.8 Å². The van der Waals surface area contributed by atoms with Gasteiger partial charge in [0.1, 0.15) is 12.1 Å². The second-order valence-corrected chi connectivity index (χ2v) is 12.6. The molecular formula is C27H35FN4O6S. The van der Waals surface area contributed by atoms with E-state index in [4.69, 9.17) is 0 Å². The minimum atomic E-state index is -4.15. The molecule has 0 radical (unpaired) electrons. The molecule has 3 fully saturated rings. The zero-order chi connectivity index (χ0) is 28.3. The van der Waals surface area contributed by atoms with Crippen LogP contribution < -0.4 is 16.0 Å². The third-order valence-electron chi connectivity index (χ3n) is 7.88. The van der Waals surface area contributed by atoms with E-state index >= 15 is 0 Å². The molecule has 3 N–H and O–H groups in total. The summed E-state index contributed by atoms with van der Waals surface area (Å²) in [5, 5.41) is 6.75. The van der Waals surface area contributed by atoms with Gasteiger partial charge in [-0.15, -0.1) is 0 Å². The largest absolute Gasteiger partial charge is 0.356 e. The summed E-state index contributed by atoms with van der Waals surface area (Å²) in [4.78, 5) is 53.3. The maximum Gasteiger partial charge on any atom is 0.250 e. The van der Waals surface area contributed by atoms with E-state index in [0.29, 0.717) is 25.1 Å². The van der Waals surface area contributed by atoms with Crippen LogP contribution in [0.4, 0.5) is 4.39 Å². The predicted octanol–water partition coefficient (Wildman–Crippen LogP) is 1.36. The topological polar surface area (TPSA) is 142 Å². The molecule has 4 amide bonds. The predicted molar refractivity (Wildman–Crippen MR) is 141 cm³/mol. The molecule has 6 atom stereocenters. The molecule has 3 aliphatic rings. The molecule has 4 rings (SSSR count). The average molecular weight is 563 g/mol. The van der Waals surface area contributed by atoms with Gasteiger partial charge in [0.15, 0.2) is 0 Å². The van der Waals surface area contributed by atoms with Crippen molar-refractivity contribution in [3.8, 4) is 0 Å². The first kappa shape index (κ1) is 28.7. The van der Waals surface area contributed by atoms with Gasteiger partial charge in [-0.3, -0.25) is 19.2 Å². The zero-order valence-corrected chi connectivity index (χ0v) is 22.9. The molecule has 1 aromatic carbocycles. The minimum absolute atomic E-state index is 0.0216. The molecule has 1 aliphatic carbocycles. The molecule has 0 spiro atoms. The summed E-state index contributed by atoms with van der Waals surface area (Å²) in [5.74, 6) is -2.13. The van der Waals surface area contributed by atoms with Gasteiger partial charge in [-0.05, 0) is 49.2 Å². The van der Waals surface area contributed by atoms with Crippen molar-refractivity contribution < 1.29 is 32.0 Å². The fourth-order valence-corrected chi connectivity index (χ4v) is 6.48. The lowest BCUT2D eigenvalue weighted by atomic mass is 9.92. The molecule has 2 aliphatic heterocycles. The van der Waals surface area contributed by atoms with Gasteiger partial charge in [0, 0.05) is 32.2 Å². The van der Waals surface area contributed by atoms with E-state index in [0.717, 1.165) is 31.6 Å². The SMILES string of the molecule is CC(=O)N[C@@H](C(=O)N1C[C@@H]2CCC[C@@H]2[C@H]1C(=O)N[C@@H](/C=C(/F)S(C)(=O)=O)C[C@@H]1CCNC1=O)c1ccccc1. The van der Waals surface area contributed by atoms with Crippen molar-refractivity contribution >= 4 is 33.5 Å². The quantitative estimate of drug-likeness (QED) is 0.415. The second-order valence-electron chi connectivity index (χ2n) is 10.7. The van der Waals surface area contributed by atoms with Gasteiger partial charge in [0.05, 0.1) is 6.04 Å². The number of halogens is 1. The molecule has 1 aromatic rings. The first-order chi connectivity index (χ1) is 18.5. The summed E-state index contributed by atoms with van der Waals surface area (Å²) < 4.78 is 38.1. The fraction of sp³-hybridized carbons (Fsp3) is 0.556. The molecule has 2 heterocycles. The Balaban J connectivity index is 1.62. The highest BCUT2D eigenvalue weighted by atomic mass is 32.2. The Morgan fingerprint density at radius 2 is 1.87 bits per heavy atom. The molecule has 0 unspecified atom stereocenters. The number of rotatable bonds is 9. The Morgan fingerprint density at radius 1 is 1.15 bits per heavy atom. The van der Waals surface area contributed by atoms with Crippen LogP contribution in [0.1, 0.15) is 50.6 Å². The van der Waals surface area contributed by atoms with Crippen molar-refractivity contribution in [3.05, 3.63) is 47.1 Å². The Labute approximate surface area is 227 Å². The number of nitrogens with one attached hydrogen (secondary N) is 3. The van der Waals surface area contributed by atoms with Gasteiger partial charge >= 0.3 is 0 Å². The number of hydrogen-bond acceptors (Lipinski definition) is 6. The summed E-state index contributed by atoms with van der Waals surface area (Å²) >= 11 is 0. The van der Waals surface area contributed by atoms with Crippen LogP contribution in [0.25, 0.3) is 0 Å². The molecule has 2 saturated heterocycles. The lowest BCUT2D eigenvalue weighted by Crippen LogP contribution is -2.53. The molecule has 0 aromatic heterocycles. The van der Waals surface area contributed by atoms with Crippen molar-refractivity contribution in [1.82, 2.24) is 20.9 Å². The first-order valence-corrected chi connectivity index (χ1v) is 15.1. The lowest BCUT2D eigenvalue weighted by Gasteiger charge is -2.32. The van der Waals surface area contributed by atoms with Gasteiger partial charge in [0.25, 0.3) is 5.91 Å². The van der Waals surface area contributed by atoms with E-state index in [1.54, 1.807) is 30.3 Å². The van der Waals surface area contributed by atoms with E-state index < -0.39 is 56.8 Å². The standard InChI is InChI=1S/C27H35FN4O6S/c1-16(33)30-23(17-7-4-3-5-8-17)27(36)32-15-19-9-6-10-21(19)24(32)26(35)31-20(14-22(28)39(2,37)38)13-18-11-12-29-25(18)34/h3-5,7-8,14,18-21,23-24H,6,9-13,15H2,1-2H3,(H,29,34)(H,30,33)(H,31,35)/b22-14-/t18-,19-,20+,21-,23+,24-/m0/s1. The normalized spacial score (nSPS) is 26.5. The molecule has 0 bridgehead atoms. The maximum atomic E-state index is 14.5. The van der Waals surface area contributed by atoms with Crippen molar-refractivity contribution in [2.24, 2.45) is 17.8 Å². The van der Waals surface area contributed by atoms with Crippen LogP contribution in [-0.4, -0.2) is 68.4 Å². The first-order valence-electron chi connectivity index (χ1n) is 13.2. The number of sulfone groups is 1. The monoisotopic (exact) mass is 562 g/mol. The number of benzene rings is 1. The van der Waals surface area contributed by atoms with Crippen LogP contribution in [0.2, 0.25) is 0 Å². The Hall–Kier alpha value is -3.28. The molecular weight excluding hydrogens is 527 g/mol. The van der Waals surface area contributed by atoms with Crippen molar-refractivity contribution in [1.29, 1.82) is 0 Å². The van der Waals surface area contributed by atoms with Gasteiger partial charge in [0.2, 0.25) is 32.7 Å².